The zero-order valence-electron chi connectivity index (χ0n) is 12.0. The topological polar surface area (TPSA) is 45.1 Å². The highest BCUT2D eigenvalue weighted by Crippen LogP contribution is 2.27. The molecule has 1 fully saturated rings. The highest BCUT2D eigenvalue weighted by molar-refractivity contribution is 5.72. The van der Waals surface area contributed by atoms with Crippen molar-refractivity contribution in [1.29, 1.82) is 0 Å². The minimum Gasteiger partial charge on any atom is -0.320 e. The van der Waals surface area contributed by atoms with Crippen LogP contribution in [0.5, 0.6) is 0 Å². The Morgan fingerprint density at radius 2 is 1.95 bits per heavy atom. The van der Waals surface area contributed by atoms with E-state index in [9.17, 15) is 4.79 Å². The van der Waals surface area contributed by atoms with Gasteiger partial charge < -0.3 is 9.74 Å². The van der Waals surface area contributed by atoms with Crippen LogP contribution in [0.3, 0.4) is 0 Å². The average molecular weight is 265 g/mol. The Bertz CT molecular complexity index is 379. The summed E-state index contributed by atoms with van der Waals surface area (Å²) in [4.78, 5) is 23.8. The molecule has 0 spiro atoms. The van der Waals surface area contributed by atoms with E-state index in [0.29, 0.717) is 0 Å². The Morgan fingerprint density at radius 1 is 1.26 bits per heavy atom. The molecule has 1 unspecified atom stereocenters. The van der Waals surface area contributed by atoms with Gasteiger partial charge in [0.2, 0.25) is 0 Å². The van der Waals surface area contributed by atoms with Gasteiger partial charge in [-0.3, -0.25) is 4.99 Å². The third-order valence-corrected chi connectivity index (χ3v) is 3.36. The predicted octanol–water partition coefficient (Wildman–Crippen LogP) is 2.80. The molecule has 0 bridgehead atoms. The van der Waals surface area contributed by atoms with Crippen LogP contribution in [0.25, 0.3) is 0 Å². The van der Waals surface area contributed by atoms with Crippen LogP contribution in [-0.2, 0) is 4.84 Å². The Kier molecular flexibility index (Phi) is 4.12. The van der Waals surface area contributed by atoms with Crippen molar-refractivity contribution in [2.24, 2.45) is 10.4 Å². The summed E-state index contributed by atoms with van der Waals surface area (Å²) in [6, 6.07) is 0. The lowest BCUT2D eigenvalue weighted by Gasteiger charge is -2.37. The maximum atomic E-state index is 12.1. The van der Waals surface area contributed by atoms with Crippen molar-refractivity contribution < 1.29 is 9.63 Å². The molecule has 2 aliphatic rings. The second-order valence-electron chi connectivity index (χ2n) is 6.14. The van der Waals surface area contributed by atoms with Crippen molar-refractivity contribution in [2.75, 3.05) is 13.1 Å². The molecular weight excluding hydrogens is 242 g/mol. The average Bonchev–Trinajstić information content (AvgIpc) is 2.39. The van der Waals surface area contributed by atoms with Crippen molar-refractivity contribution in [2.45, 2.75) is 46.2 Å². The summed E-state index contributed by atoms with van der Waals surface area (Å²) < 4.78 is 0. The van der Waals surface area contributed by atoms with Crippen LogP contribution in [-0.4, -0.2) is 41.5 Å². The number of hydrogen-bond donors (Lipinski definition) is 0. The number of likely N-dealkylation sites (tertiary alicyclic amines) is 1. The van der Waals surface area contributed by atoms with E-state index in [1.807, 2.05) is 0 Å². The highest BCUT2D eigenvalue weighted by Gasteiger charge is 2.33. The molecule has 0 saturated carbocycles. The first-order chi connectivity index (χ1) is 8.98. The number of rotatable bonds is 1. The molecule has 19 heavy (non-hydrogen) atoms. The maximum absolute atomic E-state index is 12.1. The fraction of sp³-hybridized carbons (Fsp3) is 0.714. The van der Waals surface area contributed by atoms with Crippen LogP contribution in [0.15, 0.2) is 17.3 Å². The third-order valence-electron chi connectivity index (χ3n) is 3.36. The summed E-state index contributed by atoms with van der Waals surface area (Å²) in [6.07, 6.45) is 8.18. The van der Waals surface area contributed by atoms with E-state index < -0.39 is 0 Å². The number of carbonyl (C=O) groups is 1. The van der Waals surface area contributed by atoms with E-state index in [4.69, 9.17) is 4.84 Å². The van der Waals surface area contributed by atoms with Crippen molar-refractivity contribution >= 4 is 12.3 Å². The number of hydrogen-bond acceptors (Lipinski definition) is 4. The Balaban J connectivity index is 1.98. The van der Waals surface area contributed by atoms with Crippen molar-refractivity contribution in [3.63, 3.8) is 0 Å². The van der Waals surface area contributed by atoms with Gasteiger partial charge in [-0.15, -0.1) is 0 Å². The molecule has 5 heteroatoms. The molecule has 1 atom stereocenters. The molecule has 0 aliphatic carbocycles. The Hall–Kier alpha value is -1.52. The van der Waals surface area contributed by atoms with Gasteiger partial charge in [0.1, 0.15) is 0 Å². The third kappa shape index (κ3) is 3.49. The number of piperidine rings is 1. The molecule has 0 N–H and O–H groups in total. The lowest BCUT2D eigenvalue weighted by Crippen LogP contribution is -2.45. The number of allylic oxidation sites excluding steroid dienone is 1. The van der Waals surface area contributed by atoms with Crippen molar-refractivity contribution in [3.05, 3.63) is 12.3 Å². The van der Waals surface area contributed by atoms with Gasteiger partial charge in [-0.2, -0.15) is 5.06 Å². The Morgan fingerprint density at radius 3 is 2.58 bits per heavy atom. The van der Waals surface area contributed by atoms with Gasteiger partial charge in [0.25, 0.3) is 0 Å². The van der Waals surface area contributed by atoms with Gasteiger partial charge >= 0.3 is 6.09 Å². The first kappa shape index (κ1) is 13.9. The minimum absolute atomic E-state index is 0.0938. The molecule has 0 radical (unpaired) electrons. The van der Waals surface area contributed by atoms with Crippen molar-refractivity contribution in [1.82, 2.24) is 9.96 Å². The highest BCUT2D eigenvalue weighted by atomic mass is 16.7. The SMILES string of the molecule is CC(C)(C)C1N=CC=CN1OC(=O)N1CCCCC1. The molecular formula is C14H23N3O2. The van der Waals surface area contributed by atoms with E-state index in [1.54, 1.807) is 28.5 Å². The van der Waals surface area contributed by atoms with E-state index in [2.05, 4.69) is 25.8 Å². The van der Waals surface area contributed by atoms with Gasteiger partial charge in [-0.1, -0.05) is 20.8 Å². The van der Waals surface area contributed by atoms with Crippen LogP contribution in [0, 0.1) is 5.41 Å². The minimum atomic E-state index is -0.268. The lowest BCUT2D eigenvalue weighted by molar-refractivity contribution is -0.126. The van der Waals surface area contributed by atoms with Crippen LogP contribution in [0.2, 0.25) is 0 Å². The monoisotopic (exact) mass is 265 g/mol. The van der Waals surface area contributed by atoms with E-state index in [1.165, 1.54) is 6.42 Å². The maximum Gasteiger partial charge on any atom is 0.434 e. The fourth-order valence-electron chi connectivity index (χ4n) is 2.31. The number of nitrogens with zero attached hydrogens (tertiary/aromatic N) is 3. The Labute approximate surface area is 114 Å². The summed E-state index contributed by atoms with van der Waals surface area (Å²) in [5.41, 5.74) is -0.0938. The molecule has 2 rings (SSSR count). The summed E-state index contributed by atoms with van der Waals surface area (Å²) in [5.74, 6) is 0. The van der Waals surface area contributed by atoms with E-state index in [0.717, 1.165) is 25.9 Å². The van der Waals surface area contributed by atoms with Crippen LogP contribution >= 0.6 is 0 Å². The zero-order valence-corrected chi connectivity index (χ0v) is 12.0. The number of aliphatic imine (C=N–C) groups is 1. The van der Waals surface area contributed by atoms with Gasteiger partial charge in [-0.25, -0.2) is 4.79 Å². The zero-order chi connectivity index (χ0) is 13.9. The predicted molar refractivity (Wildman–Crippen MR) is 74.6 cm³/mol. The first-order valence-electron chi connectivity index (χ1n) is 6.94. The number of carbonyl (C=O) groups excluding carboxylic acids is 1. The quantitative estimate of drug-likeness (QED) is 0.732. The smallest absolute Gasteiger partial charge is 0.320 e. The summed E-state index contributed by atoms with van der Waals surface area (Å²) in [7, 11) is 0. The number of amides is 1. The first-order valence-corrected chi connectivity index (χ1v) is 6.94. The van der Waals surface area contributed by atoms with Crippen molar-refractivity contribution in [3.8, 4) is 0 Å². The molecule has 0 aromatic carbocycles. The van der Waals surface area contributed by atoms with Gasteiger partial charge in [0.15, 0.2) is 6.17 Å². The van der Waals surface area contributed by atoms with Crippen LogP contribution in [0.4, 0.5) is 4.79 Å². The molecule has 1 amide bonds. The summed E-state index contributed by atoms with van der Waals surface area (Å²) >= 11 is 0. The van der Waals surface area contributed by atoms with Crippen LogP contribution in [0.1, 0.15) is 40.0 Å². The molecule has 0 aromatic rings. The van der Waals surface area contributed by atoms with Gasteiger partial charge in [0, 0.05) is 30.9 Å². The molecule has 0 aromatic heterocycles. The van der Waals surface area contributed by atoms with Crippen LogP contribution < -0.4 is 0 Å². The molecule has 5 nitrogen and oxygen atoms in total. The van der Waals surface area contributed by atoms with E-state index >= 15 is 0 Å². The lowest BCUT2D eigenvalue weighted by atomic mass is 9.92. The van der Waals surface area contributed by atoms with Gasteiger partial charge in [0.05, 0.1) is 0 Å². The van der Waals surface area contributed by atoms with E-state index in [-0.39, 0.29) is 17.7 Å². The largest absolute Gasteiger partial charge is 0.434 e. The summed E-state index contributed by atoms with van der Waals surface area (Å²) in [5, 5.41) is 1.57. The second kappa shape index (κ2) is 5.63. The fourth-order valence-corrected chi connectivity index (χ4v) is 2.31. The van der Waals surface area contributed by atoms with Gasteiger partial charge in [-0.05, 0) is 25.3 Å². The normalized spacial score (nSPS) is 23.6. The molecule has 1 saturated heterocycles. The molecule has 2 heterocycles. The summed E-state index contributed by atoms with van der Waals surface area (Å²) in [6.45, 7) is 7.82. The second-order valence-corrected chi connectivity index (χ2v) is 6.14. The standard InChI is InChI=1S/C14H23N3O2/c1-14(2,3)12-15-8-7-11-17(12)19-13(18)16-9-5-4-6-10-16/h7-8,11-12H,4-6,9-10H2,1-3H3. The molecule has 106 valence electrons. The number of hydroxylamine groups is 2. The molecule has 2 aliphatic heterocycles.